The Hall–Kier alpha value is -3.37. The Morgan fingerprint density at radius 3 is 2.56 bits per heavy atom. The molecule has 1 aromatic carbocycles. The van der Waals surface area contributed by atoms with Crippen LogP contribution >= 0.6 is 11.8 Å². The minimum Gasteiger partial charge on any atom is -0.402 e. The first kappa shape index (κ1) is 32.1. The first-order valence-electron chi connectivity index (χ1n) is 13.9. The predicted molar refractivity (Wildman–Crippen MR) is 172 cm³/mol. The molecule has 4 N–H and O–H groups in total. The van der Waals surface area contributed by atoms with E-state index in [-0.39, 0.29) is 11.7 Å². The zero-order chi connectivity index (χ0) is 30.1. The van der Waals surface area contributed by atoms with Crippen LogP contribution in [0.5, 0.6) is 0 Å². The van der Waals surface area contributed by atoms with Gasteiger partial charge in [-0.05, 0) is 82.9 Å². The molecular weight excluding hydrogens is 537 g/mol. The van der Waals surface area contributed by atoms with Crippen molar-refractivity contribution in [2.24, 2.45) is 21.6 Å². The number of hydrogen-bond acceptors (Lipinski definition) is 7. The number of anilines is 2. The van der Waals surface area contributed by atoms with Crippen molar-refractivity contribution in [3.8, 4) is 0 Å². The number of rotatable bonds is 13. The van der Waals surface area contributed by atoms with E-state index in [1.165, 1.54) is 17.3 Å². The summed E-state index contributed by atoms with van der Waals surface area (Å²) in [6.07, 6.45) is 6.69. The minimum atomic E-state index is -0.295. The molecule has 1 heterocycles. The molecule has 0 bridgehead atoms. The second kappa shape index (κ2) is 15.0. The van der Waals surface area contributed by atoms with E-state index in [0.29, 0.717) is 42.0 Å². The fraction of sp³-hybridized carbons (Fsp3) is 0.452. The lowest BCUT2D eigenvalue weighted by Gasteiger charge is -2.23. The molecule has 8 nitrogen and oxygen atoms in total. The molecule has 0 atom stereocenters. The number of halogens is 1. The third-order valence-corrected chi connectivity index (χ3v) is 7.76. The average Bonchev–Trinajstić information content (AvgIpc) is 3.70. The zero-order valence-electron chi connectivity index (χ0n) is 25.6. The number of nitrogens with one attached hydrogen (secondary N) is 2. The van der Waals surface area contributed by atoms with Gasteiger partial charge in [-0.15, -0.1) is 11.8 Å². The first-order valence-corrected chi connectivity index (χ1v) is 15.1. The van der Waals surface area contributed by atoms with E-state index in [0.717, 1.165) is 46.6 Å². The number of H-pyrrole nitrogens is 1. The Morgan fingerprint density at radius 1 is 1.29 bits per heavy atom. The zero-order valence-corrected chi connectivity index (χ0v) is 26.4. The van der Waals surface area contributed by atoms with Crippen LogP contribution in [-0.2, 0) is 4.74 Å². The lowest BCUT2D eigenvalue weighted by Crippen LogP contribution is -2.25. The number of ether oxygens (including phenoxy) is 1. The van der Waals surface area contributed by atoms with Gasteiger partial charge in [0.2, 0.25) is 0 Å². The third kappa shape index (κ3) is 8.56. The van der Waals surface area contributed by atoms with Crippen LogP contribution in [-0.4, -0.2) is 55.8 Å². The maximum absolute atomic E-state index is 15.1. The van der Waals surface area contributed by atoms with E-state index in [9.17, 15) is 0 Å². The molecule has 1 aromatic heterocycles. The van der Waals surface area contributed by atoms with Crippen molar-refractivity contribution in [2.75, 3.05) is 43.8 Å². The molecule has 0 saturated heterocycles. The van der Waals surface area contributed by atoms with Gasteiger partial charge in [-0.25, -0.2) is 9.38 Å². The highest BCUT2D eigenvalue weighted by Crippen LogP contribution is 2.45. The van der Waals surface area contributed by atoms with Gasteiger partial charge in [0.05, 0.1) is 18.8 Å². The summed E-state index contributed by atoms with van der Waals surface area (Å²) in [6, 6.07) is 7.19. The molecule has 0 spiro atoms. The number of nitrogens with zero attached hydrogens (tertiary/aromatic N) is 4. The molecule has 1 fully saturated rings. The monoisotopic (exact) mass is 581 g/mol. The quantitative estimate of drug-likeness (QED) is 0.0786. The Kier molecular flexibility index (Phi) is 11.8. The van der Waals surface area contributed by atoms with Crippen LogP contribution in [0.3, 0.4) is 0 Å². The standard InChI is InChI=1S/C31H44FN7OS/c1-9-19(2)29(25(21(4)33)18-34-14-15-40-7)30(23-10-11-23)31(36-28-16-20(3)37-38-28)35-22(5)39(6)27-13-12-24(41-8)17-26(27)32/h12-13,16-18,23H,9-11,14-15,33H2,1-8H3,(H2,36,37,38)/b25-21+,29-19+,31-30+,34-18?,35-22+. The molecule has 1 aliphatic rings. The van der Waals surface area contributed by atoms with Crippen LogP contribution < -0.4 is 16.0 Å². The normalized spacial score (nSPS) is 16.0. The Bertz CT molecular complexity index is 1360. The molecule has 0 aliphatic heterocycles. The molecule has 1 saturated carbocycles. The highest BCUT2D eigenvalue weighted by Gasteiger charge is 2.34. The molecular formula is C31H44FN7OS. The largest absolute Gasteiger partial charge is 0.402 e. The lowest BCUT2D eigenvalue weighted by molar-refractivity contribution is 0.208. The van der Waals surface area contributed by atoms with Gasteiger partial charge in [-0.1, -0.05) is 12.5 Å². The van der Waals surface area contributed by atoms with Gasteiger partial charge < -0.3 is 20.7 Å². The number of aromatic nitrogens is 2. The molecule has 222 valence electrons. The van der Waals surface area contributed by atoms with Crippen LogP contribution in [0.4, 0.5) is 15.9 Å². The van der Waals surface area contributed by atoms with Crippen LogP contribution in [0.25, 0.3) is 0 Å². The van der Waals surface area contributed by atoms with Gasteiger partial charge >= 0.3 is 0 Å². The van der Waals surface area contributed by atoms with Gasteiger partial charge in [-0.2, -0.15) is 5.10 Å². The molecule has 0 radical (unpaired) electrons. The van der Waals surface area contributed by atoms with Crippen LogP contribution in [0.2, 0.25) is 0 Å². The molecule has 41 heavy (non-hydrogen) atoms. The number of thioether (sulfide) groups is 1. The molecule has 1 aliphatic carbocycles. The summed E-state index contributed by atoms with van der Waals surface area (Å²) in [6.45, 7) is 11.1. The number of allylic oxidation sites excluding steroid dienone is 5. The van der Waals surface area contributed by atoms with E-state index in [1.54, 1.807) is 24.1 Å². The van der Waals surface area contributed by atoms with Crippen LogP contribution in [0, 0.1) is 18.7 Å². The minimum absolute atomic E-state index is 0.287. The van der Waals surface area contributed by atoms with Gasteiger partial charge in [0, 0.05) is 53.9 Å². The van der Waals surface area contributed by atoms with E-state index in [4.69, 9.17) is 15.5 Å². The maximum Gasteiger partial charge on any atom is 0.153 e. The Balaban J connectivity index is 2.24. The summed E-state index contributed by atoms with van der Waals surface area (Å²) in [4.78, 5) is 12.4. The number of methoxy groups -OCH3 is 1. The van der Waals surface area contributed by atoms with Gasteiger partial charge in [0.15, 0.2) is 5.82 Å². The van der Waals surface area contributed by atoms with E-state index in [2.05, 4.69) is 34.4 Å². The SMILES string of the molecule is CC/C(C)=C(C(\C=NCCOC)=C(/C)N)/C(=C(\N=C(/C)N(C)c1ccc(SC)cc1F)Nc1cc(C)[nH]n1)C1CC1. The summed E-state index contributed by atoms with van der Waals surface area (Å²) < 4.78 is 20.3. The maximum atomic E-state index is 15.1. The molecule has 10 heteroatoms. The molecule has 0 amide bonds. The molecule has 2 aromatic rings. The number of benzene rings is 1. The molecule has 3 rings (SSSR count). The topological polar surface area (TPSA) is 104 Å². The van der Waals surface area contributed by atoms with E-state index < -0.39 is 0 Å². The smallest absolute Gasteiger partial charge is 0.153 e. The number of aliphatic imine (C=N–C) groups is 2. The molecule has 0 unspecified atom stereocenters. The number of nitrogens with two attached hydrogens (primary N) is 1. The van der Waals surface area contributed by atoms with Crippen molar-refractivity contribution in [1.82, 2.24) is 10.2 Å². The fourth-order valence-electron chi connectivity index (χ4n) is 4.39. The summed E-state index contributed by atoms with van der Waals surface area (Å²) in [7, 11) is 3.49. The summed E-state index contributed by atoms with van der Waals surface area (Å²) >= 11 is 1.51. The van der Waals surface area contributed by atoms with Crippen molar-refractivity contribution < 1.29 is 9.13 Å². The van der Waals surface area contributed by atoms with Crippen molar-refractivity contribution >= 4 is 35.3 Å². The Morgan fingerprint density at radius 2 is 2.02 bits per heavy atom. The van der Waals surface area contributed by atoms with Crippen molar-refractivity contribution in [2.45, 2.75) is 58.8 Å². The summed E-state index contributed by atoms with van der Waals surface area (Å²) in [5, 5.41) is 10.9. The van der Waals surface area contributed by atoms with Gasteiger partial charge in [0.25, 0.3) is 0 Å². The van der Waals surface area contributed by atoms with Gasteiger partial charge in [-0.3, -0.25) is 10.1 Å². The second-order valence-electron chi connectivity index (χ2n) is 10.3. The van der Waals surface area contributed by atoms with Crippen molar-refractivity contribution in [1.29, 1.82) is 0 Å². The first-order chi connectivity index (χ1) is 19.6. The van der Waals surface area contributed by atoms with Crippen LogP contribution in [0.15, 0.2) is 73.0 Å². The number of amidine groups is 1. The Labute approximate surface area is 248 Å². The van der Waals surface area contributed by atoms with Crippen molar-refractivity contribution in [3.63, 3.8) is 0 Å². The van der Waals surface area contributed by atoms with Crippen LogP contribution in [0.1, 0.15) is 52.7 Å². The number of aryl methyl sites for hydroxylation is 1. The third-order valence-electron chi connectivity index (χ3n) is 7.03. The highest BCUT2D eigenvalue weighted by atomic mass is 32.2. The van der Waals surface area contributed by atoms with E-state index >= 15 is 4.39 Å². The second-order valence-corrected chi connectivity index (χ2v) is 11.1. The number of aromatic amines is 1. The summed E-state index contributed by atoms with van der Waals surface area (Å²) in [5.41, 5.74) is 12.7. The fourth-order valence-corrected chi connectivity index (χ4v) is 4.81. The van der Waals surface area contributed by atoms with Gasteiger partial charge in [0.1, 0.15) is 17.5 Å². The average molecular weight is 582 g/mol. The highest BCUT2D eigenvalue weighted by molar-refractivity contribution is 7.98. The summed E-state index contributed by atoms with van der Waals surface area (Å²) in [5.74, 6) is 1.94. The lowest BCUT2D eigenvalue weighted by atomic mass is 9.88. The van der Waals surface area contributed by atoms with E-state index in [1.807, 2.05) is 52.4 Å². The predicted octanol–water partition coefficient (Wildman–Crippen LogP) is 6.84. The van der Waals surface area contributed by atoms with Crippen molar-refractivity contribution in [3.05, 3.63) is 69.6 Å². The number of hydrogen-bond donors (Lipinski definition) is 3.